The largest absolute Gasteiger partial charge is 0.314 e. The highest BCUT2D eigenvalue weighted by Crippen LogP contribution is 2.31. The monoisotopic (exact) mass is 303 g/mol. The van der Waals surface area contributed by atoms with E-state index in [0.717, 1.165) is 37.6 Å². The van der Waals surface area contributed by atoms with E-state index < -0.39 is 9.84 Å². The molecule has 0 heterocycles. The summed E-state index contributed by atoms with van der Waals surface area (Å²) in [5.41, 5.74) is 0. The van der Waals surface area contributed by atoms with E-state index in [9.17, 15) is 8.42 Å². The maximum absolute atomic E-state index is 11.6. The van der Waals surface area contributed by atoms with Gasteiger partial charge in [-0.2, -0.15) is 0 Å². The van der Waals surface area contributed by atoms with Crippen molar-refractivity contribution in [2.75, 3.05) is 18.1 Å². The van der Waals surface area contributed by atoms with Crippen LogP contribution >= 0.6 is 0 Å². The Bertz CT molecular complexity index is 345. The quantitative estimate of drug-likeness (QED) is 0.710. The van der Waals surface area contributed by atoms with Crippen LogP contribution in [0.25, 0.3) is 0 Å². The highest BCUT2D eigenvalue weighted by Gasteiger charge is 2.25. The molecule has 1 aliphatic rings. The Labute approximate surface area is 125 Å². The summed E-state index contributed by atoms with van der Waals surface area (Å²) >= 11 is 0. The summed E-state index contributed by atoms with van der Waals surface area (Å²) in [6.45, 7) is 7.33. The molecule has 120 valence electrons. The first-order valence-corrected chi connectivity index (χ1v) is 10.2. The van der Waals surface area contributed by atoms with E-state index in [1.54, 1.807) is 6.92 Å². The predicted molar refractivity (Wildman–Crippen MR) is 86.8 cm³/mol. The second-order valence-electron chi connectivity index (χ2n) is 6.46. The summed E-state index contributed by atoms with van der Waals surface area (Å²) in [4.78, 5) is 0. The van der Waals surface area contributed by atoms with Crippen LogP contribution in [0.4, 0.5) is 0 Å². The number of nitrogens with one attached hydrogen (secondary N) is 1. The number of hydrogen-bond acceptors (Lipinski definition) is 3. The average molecular weight is 304 g/mol. The normalized spacial score (nSPS) is 25.6. The maximum Gasteiger partial charge on any atom is 0.150 e. The summed E-state index contributed by atoms with van der Waals surface area (Å²) in [6, 6.07) is 0.523. The first-order chi connectivity index (χ1) is 9.48. The lowest BCUT2D eigenvalue weighted by Crippen LogP contribution is -2.38. The van der Waals surface area contributed by atoms with Crippen LogP contribution in [-0.4, -0.2) is 32.5 Å². The van der Waals surface area contributed by atoms with Crippen molar-refractivity contribution in [2.24, 2.45) is 11.8 Å². The molecule has 20 heavy (non-hydrogen) atoms. The van der Waals surface area contributed by atoms with Gasteiger partial charge in [0, 0.05) is 11.8 Å². The van der Waals surface area contributed by atoms with Gasteiger partial charge >= 0.3 is 0 Å². The molecule has 1 fully saturated rings. The molecule has 1 aliphatic carbocycles. The van der Waals surface area contributed by atoms with Gasteiger partial charge in [0.15, 0.2) is 0 Å². The Hall–Kier alpha value is -0.0900. The van der Waals surface area contributed by atoms with E-state index in [1.807, 2.05) is 0 Å². The van der Waals surface area contributed by atoms with E-state index in [0.29, 0.717) is 11.8 Å². The van der Waals surface area contributed by atoms with Crippen molar-refractivity contribution < 1.29 is 8.42 Å². The van der Waals surface area contributed by atoms with Gasteiger partial charge in [0.1, 0.15) is 9.84 Å². The minimum Gasteiger partial charge on any atom is -0.314 e. The molecule has 1 rings (SSSR count). The lowest BCUT2D eigenvalue weighted by molar-refractivity contribution is 0.222. The highest BCUT2D eigenvalue weighted by atomic mass is 32.2. The van der Waals surface area contributed by atoms with Crippen LogP contribution in [0.5, 0.6) is 0 Å². The van der Waals surface area contributed by atoms with Gasteiger partial charge in [0.2, 0.25) is 0 Å². The molecule has 1 atom stereocenters. The third kappa shape index (κ3) is 6.57. The molecule has 0 bridgehead atoms. The van der Waals surface area contributed by atoms with Crippen LogP contribution in [0.2, 0.25) is 0 Å². The fourth-order valence-corrected chi connectivity index (χ4v) is 4.09. The molecule has 0 amide bonds. The summed E-state index contributed by atoms with van der Waals surface area (Å²) in [7, 11) is -2.80. The molecule has 0 aromatic rings. The number of rotatable bonds is 9. The molecule has 1 unspecified atom stereocenters. The van der Waals surface area contributed by atoms with Crippen molar-refractivity contribution in [1.82, 2.24) is 5.32 Å². The van der Waals surface area contributed by atoms with Crippen LogP contribution in [0.15, 0.2) is 0 Å². The van der Waals surface area contributed by atoms with Gasteiger partial charge in [-0.3, -0.25) is 0 Å². The Balaban J connectivity index is 2.43. The molecule has 3 nitrogen and oxygen atoms in total. The zero-order valence-electron chi connectivity index (χ0n) is 13.5. The highest BCUT2D eigenvalue weighted by molar-refractivity contribution is 7.91. The minimum atomic E-state index is -2.80. The van der Waals surface area contributed by atoms with Crippen LogP contribution in [0.1, 0.15) is 65.7 Å². The van der Waals surface area contributed by atoms with Crippen LogP contribution < -0.4 is 5.32 Å². The summed E-state index contributed by atoms with van der Waals surface area (Å²) in [5, 5.41) is 3.66. The van der Waals surface area contributed by atoms with Gasteiger partial charge in [0.25, 0.3) is 0 Å². The average Bonchev–Trinajstić information content (AvgIpc) is 2.43. The van der Waals surface area contributed by atoms with Gasteiger partial charge in [-0.25, -0.2) is 8.42 Å². The van der Waals surface area contributed by atoms with Crippen molar-refractivity contribution >= 4 is 9.84 Å². The molecule has 1 N–H and O–H groups in total. The molecular weight excluding hydrogens is 270 g/mol. The molecule has 1 saturated carbocycles. The molecule has 0 aromatic carbocycles. The van der Waals surface area contributed by atoms with Gasteiger partial charge in [-0.05, 0) is 50.5 Å². The van der Waals surface area contributed by atoms with Crippen molar-refractivity contribution in [2.45, 2.75) is 71.8 Å². The Kier molecular flexibility index (Phi) is 8.11. The number of hydrogen-bond donors (Lipinski definition) is 1. The summed E-state index contributed by atoms with van der Waals surface area (Å²) in [6.07, 6.45) is 8.26. The van der Waals surface area contributed by atoms with E-state index >= 15 is 0 Å². The molecule has 4 heteroatoms. The summed E-state index contributed by atoms with van der Waals surface area (Å²) in [5.74, 6) is 2.26. The standard InChI is InChI=1S/C16H33NO2S/c1-4-12-17-16(7-6-13-20(18,19)5-2)15-10-8-14(3)9-11-15/h14-17H,4-13H2,1-3H3. The predicted octanol–water partition coefficient (Wildman–Crippen LogP) is 3.40. The van der Waals surface area contributed by atoms with E-state index in [4.69, 9.17) is 0 Å². The topological polar surface area (TPSA) is 46.2 Å². The van der Waals surface area contributed by atoms with Crippen molar-refractivity contribution in [3.05, 3.63) is 0 Å². The lowest BCUT2D eigenvalue weighted by atomic mass is 9.78. The van der Waals surface area contributed by atoms with Crippen LogP contribution in [-0.2, 0) is 9.84 Å². The van der Waals surface area contributed by atoms with Gasteiger partial charge in [0.05, 0.1) is 5.75 Å². The van der Waals surface area contributed by atoms with Crippen molar-refractivity contribution in [3.63, 3.8) is 0 Å². The van der Waals surface area contributed by atoms with E-state index in [-0.39, 0.29) is 5.75 Å². The van der Waals surface area contributed by atoms with E-state index in [2.05, 4.69) is 19.2 Å². The Morgan fingerprint density at radius 2 is 1.80 bits per heavy atom. The number of sulfone groups is 1. The fraction of sp³-hybridized carbons (Fsp3) is 1.00. The molecule has 0 aromatic heterocycles. The third-order valence-electron chi connectivity index (χ3n) is 4.70. The first kappa shape index (κ1) is 18.0. The zero-order chi connectivity index (χ0) is 15.0. The molecule has 0 spiro atoms. The van der Waals surface area contributed by atoms with Crippen molar-refractivity contribution in [3.8, 4) is 0 Å². The van der Waals surface area contributed by atoms with Crippen LogP contribution in [0, 0.1) is 11.8 Å². The molecule has 0 radical (unpaired) electrons. The second-order valence-corrected chi connectivity index (χ2v) is 8.93. The Morgan fingerprint density at radius 1 is 1.15 bits per heavy atom. The second kappa shape index (κ2) is 9.04. The first-order valence-electron chi connectivity index (χ1n) is 8.42. The van der Waals surface area contributed by atoms with Crippen molar-refractivity contribution in [1.29, 1.82) is 0 Å². The Morgan fingerprint density at radius 3 is 2.35 bits per heavy atom. The van der Waals surface area contributed by atoms with Gasteiger partial charge in [-0.15, -0.1) is 0 Å². The molecule has 0 aliphatic heterocycles. The molecule has 0 saturated heterocycles. The fourth-order valence-electron chi connectivity index (χ4n) is 3.19. The zero-order valence-corrected chi connectivity index (χ0v) is 14.3. The van der Waals surface area contributed by atoms with Gasteiger partial charge < -0.3 is 5.32 Å². The SMILES string of the molecule is CCCNC(CCCS(=O)(=O)CC)C1CCC(C)CC1. The van der Waals surface area contributed by atoms with Gasteiger partial charge in [-0.1, -0.05) is 33.6 Å². The third-order valence-corrected chi connectivity index (χ3v) is 6.49. The maximum atomic E-state index is 11.6. The molecular formula is C16H33NO2S. The summed E-state index contributed by atoms with van der Waals surface area (Å²) < 4.78 is 23.2. The lowest BCUT2D eigenvalue weighted by Gasteiger charge is -2.33. The minimum absolute atomic E-state index is 0.279. The smallest absolute Gasteiger partial charge is 0.150 e. The van der Waals surface area contributed by atoms with Crippen LogP contribution in [0.3, 0.4) is 0 Å². The van der Waals surface area contributed by atoms with E-state index in [1.165, 1.54) is 25.7 Å².